The Morgan fingerprint density at radius 2 is 1.47 bits per heavy atom. The van der Waals surface area contributed by atoms with Crippen LogP contribution in [0.3, 0.4) is 0 Å². The molecule has 0 fully saturated rings. The lowest BCUT2D eigenvalue weighted by atomic mass is 10.1. The van der Waals surface area contributed by atoms with E-state index in [0.29, 0.717) is 6.54 Å². The summed E-state index contributed by atoms with van der Waals surface area (Å²) in [5, 5.41) is 31.4. The molecule has 100 valence electrons. The van der Waals surface area contributed by atoms with Gasteiger partial charge in [-0.15, -0.1) is 0 Å². The predicted octanol–water partition coefficient (Wildman–Crippen LogP) is 2.65. The third kappa shape index (κ3) is 3.63. The molecule has 2 rings (SSSR count). The molecule has 4 N–H and O–H groups in total. The van der Waals surface area contributed by atoms with Gasteiger partial charge in [-0.05, 0) is 42.3 Å². The fourth-order valence-corrected chi connectivity index (χ4v) is 1.87. The van der Waals surface area contributed by atoms with Crippen molar-refractivity contribution in [2.45, 2.75) is 19.5 Å². The van der Waals surface area contributed by atoms with E-state index in [1.807, 2.05) is 19.1 Å². The van der Waals surface area contributed by atoms with E-state index in [1.165, 1.54) is 6.07 Å². The molecular weight excluding hydrogens is 242 g/mol. The first-order chi connectivity index (χ1) is 9.04. The van der Waals surface area contributed by atoms with Crippen LogP contribution in [0.15, 0.2) is 42.5 Å². The number of benzene rings is 2. The quantitative estimate of drug-likeness (QED) is 0.681. The predicted molar refractivity (Wildman–Crippen MR) is 73.1 cm³/mol. The lowest BCUT2D eigenvalue weighted by Crippen LogP contribution is -2.17. The molecule has 2 aromatic rings. The standard InChI is InChI=1S/C15H17NO3/c1-10(12-6-14(18)8-15(19)7-12)16-9-11-2-4-13(17)5-3-11/h2-8,10,16-19H,9H2,1H3. The first-order valence-electron chi connectivity index (χ1n) is 6.09. The summed E-state index contributed by atoms with van der Waals surface area (Å²) in [6.07, 6.45) is 0. The highest BCUT2D eigenvalue weighted by atomic mass is 16.3. The molecule has 0 aliphatic heterocycles. The van der Waals surface area contributed by atoms with Crippen LogP contribution in [-0.4, -0.2) is 15.3 Å². The molecule has 4 heteroatoms. The van der Waals surface area contributed by atoms with Crippen molar-refractivity contribution >= 4 is 0 Å². The number of aromatic hydroxyl groups is 3. The van der Waals surface area contributed by atoms with Crippen LogP contribution in [0.4, 0.5) is 0 Å². The normalized spacial score (nSPS) is 12.3. The molecular formula is C15H17NO3. The van der Waals surface area contributed by atoms with Crippen LogP contribution in [0, 0.1) is 0 Å². The first kappa shape index (κ1) is 13.2. The Bertz CT molecular complexity index is 532. The molecule has 0 saturated heterocycles. The third-order valence-electron chi connectivity index (χ3n) is 2.97. The van der Waals surface area contributed by atoms with E-state index in [9.17, 15) is 15.3 Å². The molecule has 0 aliphatic carbocycles. The molecule has 0 bridgehead atoms. The second-order valence-corrected chi connectivity index (χ2v) is 4.55. The molecule has 0 saturated carbocycles. The molecule has 0 heterocycles. The fraction of sp³-hybridized carbons (Fsp3) is 0.200. The van der Waals surface area contributed by atoms with E-state index in [1.54, 1.807) is 24.3 Å². The van der Waals surface area contributed by atoms with Crippen molar-refractivity contribution < 1.29 is 15.3 Å². The minimum absolute atomic E-state index is 0.00759. The second kappa shape index (κ2) is 5.63. The Kier molecular flexibility index (Phi) is 3.92. The van der Waals surface area contributed by atoms with Crippen LogP contribution in [-0.2, 0) is 6.54 Å². The third-order valence-corrected chi connectivity index (χ3v) is 2.97. The number of phenols is 3. The van der Waals surface area contributed by atoms with Crippen molar-refractivity contribution in [2.75, 3.05) is 0 Å². The molecule has 2 aromatic carbocycles. The van der Waals surface area contributed by atoms with Gasteiger partial charge in [-0.1, -0.05) is 12.1 Å². The highest BCUT2D eigenvalue weighted by Gasteiger charge is 2.07. The zero-order chi connectivity index (χ0) is 13.8. The SMILES string of the molecule is CC(NCc1ccc(O)cc1)c1cc(O)cc(O)c1. The van der Waals surface area contributed by atoms with Crippen molar-refractivity contribution in [2.24, 2.45) is 0 Å². The average molecular weight is 259 g/mol. The summed E-state index contributed by atoms with van der Waals surface area (Å²) in [7, 11) is 0. The van der Waals surface area contributed by atoms with Crippen molar-refractivity contribution in [1.29, 1.82) is 0 Å². The van der Waals surface area contributed by atoms with Gasteiger partial charge in [0.1, 0.15) is 17.2 Å². The highest BCUT2D eigenvalue weighted by molar-refractivity contribution is 5.38. The lowest BCUT2D eigenvalue weighted by Gasteiger charge is -2.15. The van der Waals surface area contributed by atoms with Gasteiger partial charge in [-0.2, -0.15) is 0 Å². The van der Waals surface area contributed by atoms with Gasteiger partial charge in [0, 0.05) is 18.7 Å². The maximum Gasteiger partial charge on any atom is 0.119 e. The van der Waals surface area contributed by atoms with Crippen LogP contribution >= 0.6 is 0 Å². The Morgan fingerprint density at radius 3 is 2.05 bits per heavy atom. The summed E-state index contributed by atoms with van der Waals surface area (Å²) >= 11 is 0. The lowest BCUT2D eigenvalue weighted by molar-refractivity contribution is 0.446. The molecule has 0 aromatic heterocycles. The van der Waals surface area contributed by atoms with Crippen LogP contribution in [0.1, 0.15) is 24.1 Å². The van der Waals surface area contributed by atoms with Gasteiger partial charge in [0.05, 0.1) is 0 Å². The Morgan fingerprint density at radius 1 is 0.895 bits per heavy atom. The largest absolute Gasteiger partial charge is 0.508 e. The zero-order valence-corrected chi connectivity index (χ0v) is 10.7. The minimum atomic E-state index is -0.00759. The summed E-state index contributed by atoms with van der Waals surface area (Å²) in [5.41, 5.74) is 1.87. The van der Waals surface area contributed by atoms with Crippen molar-refractivity contribution in [3.8, 4) is 17.2 Å². The topological polar surface area (TPSA) is 72.7 Å². The van der Waals surface area contributed by atoms with Crippen molar-refractivity contribution in [3.05, 3.63) is 53.6 Å². The van der Waals surface area contributed by atoms with Crippen molar-refractivity contribution in [3.63, 3.8) is 0 Å². The maximum atomic E-state index is 9.44. The van der Waals surface area contributed by atoms with Gasteiger partial charge >= 0.3 is 0 Å². The molecule has 1 atom stereocenters. The van der Waals surface area contributed by atoms with Gasteiger partial charge in [0.15, 0.2) is 0 Å². The van der Waals surface area contributed by atoms with E-state index in [2.05, 4.69) is 5.32 Å². The average Bonchev–Trinajstić information content (AvgIpc) is 2.36. The summed E-state index contributed by atoms with van der Waals surface area (Å²) in [4.78, 5) is 0. The number of phenolic OH excluding ortho intramolecular Hbond substituents is 3. The minimum Gasteiger partial charge on any atom is -0.508 e. The van der Waals surface area contributed by atoms with E-state index >= 15 is 0 Å². The van der Waals surface area contributed by atoms with E-state index in [4.69, 9.17) is 0 Å². The summed E-state index contributed by atoms with van der Waals surface area (Å²) < 4.78 is 0. The van der Waals surface area contributed by atoms with E-state index in [0.717, 1.165) is 11.1 Å². The van der Waals surface area contributed by atoms with Gasteiger partial charge in [0.25, 0.3) is 0 Å². The van der Waals surface area contributed by atoms with Crippen LogP contribution in [0.5, 0.6) is 17.2 Å². The van der Waals surface area contributed by atoms with Gasteiger partial charge in [0.2, 0.25) is 0 Å². The zero-order valence-electron chi connectivity index (χ0n) is 10.7. The van der Waals surface area contributed by atoms with Crippen LogP contribution in [0.25, 0.3) is 0 Å². The second-order valence-electron chi connectivity index (χ2n) is 4.55. The molecule has 1 unspecified atom stereocenters. The monoisotopic (exact) mass is 259 g/mol. The summed E-state index contributed by atoms with van der Waals surface area (Å²) in [5.74, 6) is 0.344. The van der Waals surface area contributed by atoms with Gasteiger partial charge in [-0.25, -0.2) is 0 Å². The number of nitrogens with one attached hydrogen (secondary N) is 1. The van der Waals surface area contributed by atoms with Gasteiger partial charge in [-0.3, -0.25) is 0 Å². The molecule has 0 aliphatic rings. The van der Waals surface area contributed by atoms with Crippen LogP contribution < -0.4 is 5.32 Å². The molecule has 0 amide bonds. The molecule has 0 spiro atoms. The van der Waals surface area contributed by atoms with Crippen LogP contribution in [0.2, 0.25) is 0 Å². The molecule has 19 heavy (non-hydrogen) atoms. The number of hydrogen-bond donors (Lipinski definition) is 4. The Hall–Kier alpha value is -2.20. The number of rotatable bonds is 4. The fourth-order valence-electron chi connectivity index (χ4n) is 1.87. The molecule has 4 nitrogen and oxygen atoms in total. The van der Waals surface area contributed by atoms with Gasteiger partial charge < -0.3 is 20.6 Å². The highest BCUT2D eigenvalue weighted by Crippen LogP contribution is 2.24. The van der Waals surface area contributed by atoms with E-state index < -0.39 is 0 Å². The summed E-state index contributed by atoms with van der Waals surface area (Å²) in [6, 6.07) is 11.5. The van der Waals surface area contributed by atoms with E-state index in [-0.39, 0.29) is 23.3 Å². The Balaban J connectivity index is 2.00. The number of hydrogen-bond acceptors (Lipinski definition) is 4. The maximum absolute atomic E-state index is 9.44. The Labute approximate surface area is 112 Å². The smallest absolute Gasteiger partial charge is 0.119 e. The van der Waals surface area contributed by atoms with Crippen molar-refractivity contribution in [1.82, 2.24) is 5.32 Å². The summed E-state index contributed by atoms with van der Waals surface area (Å²) in [6.45, 7) is 2.59. The first-order valence-corrected chi connectivity index (χ1v) is 6.09. The molecule has 0 radical (unpaired) electrons.